The minimum Gasteiger partial charge on any atom is -0.462 e. The SMILES string of the molecule is CCCCCCCCCCCCCCCCCCCCC(=O)OC(CCCCCCCCCCC)CC(=O)NC(CO)C(O)CCCCCCCCCCCCCCC. The number of amides is 1. The van der Waals surface area contributed by atoms with Crippen LogP contribution in [0.2, 0.25) is 0 Å². The number of unbranched alkanes of at least 4 members (excludes halogenated alkanes) is 37. The quantitative estimate of drug-likeness (QED) is 0.0419. The molecule has 3 N–H and O–H groups in total. The first kappa shape index (κ1) is 57.9. The maximum absolute atomic E-state index is 13.2. The van der Waals surface area contributed by atoms with Crippen LogP contribution in [-0.4, -0.2) is 46.9 Å². The second-order valence-corrected chi connectivity index (χ2v) is 18.6. The van der Waals surface area contributed by atoms with E-state index in [0.29, 0.717) is 19.3 Å². The third-order valence-corrected chi connectivity index (χ3v) is 12.7. The first-order chi connectivity index (χ1) is 29.0. The molecule has 1 amide bonds. The predicted octanol–water partition coefficient (Wildman–Crippen LogP) is 16.0. The van der Waals surface area contributed by atoms with Gasteiger partial charge < -0.3 is 20.3 Å². The summed E-state index contributed by atoms with van der Waals surface area (Å²) in [6.45, 7) is 6.50. The van der Waals surface area contributed by atoms with Crippen molar-refractivity contribution in [1.82, 2.24) is 5.32 Å². The lowest BCUT2D eigenvalue weighted by atomic mass is 10.0. The fourth-order valence-electron chi connectivity index (χ4n) is 8.61. The van der Waals surface area contributed by atoms with Gasteiger partial charge in [0.2, 0.25) is 5.91 Å². The Balaban J connectivity index is 4.36. The topological polar surface area (TPSA) is 95.9 Å². The Morgan fingerprint density at radius 3 is 1.03 bits per heavy atom. The van der Waals surface area contributed by atoms with E-state index in [4.69, 9.17) is 4.74 Å². The number of nitrogens with one attached hydrogen (secondary N) is 1. The van der Waals surface area contributed by atoms with Crippen molar-refractivity contribution in [3.63, 3.8) is 0 Å². The standard InChI is InChI=1S/C53H105NO5/c1-4-7-10-13-16-19-21-23-24-25-26-27-29-31-34-37-40-43-46-53(58)59-49(44-41-38-35-32-18-15-12-9-6-3)47-52(57)54-50(48-55)51(56)45-42-39-36-33-30-28-22-20-17-14-11-8-5-2/h49-51,55-56H,4-48H2,1-3H3,(H,54,57). The molecule has 0 heterocycles. The molecule has 0 saturated heterocycles. The molecule has 59 heavy (non-hydrogen) atoms. The minimum absolute atomic E-state index is 0.0871. The highest BCUT2D eigenvalue weighted by atomic mass is 16.5. The average Bonchev–Trinajstić information content (AvgIpc) is 3.23. The van der Waals surface area contributed by atoms with Crippen LogP contribution in [-0.2, 0) is 14.3 Å². The molecule has 0 aliphatic heterocycles. The van der Waals surface area contributed by atoms with Crippen molar-refractivity contribution in [2.45, 2.75) is 322 Å². The normalized spacial score (nSPS) is 13.1. The van der Waals surface area contributed by atoms with Crippen LogP contribution in [0.3, 0.4) is 0 Å². The summed E-state index contributed by atoms with van der Waals surface area (Å²) >= 11 is 0. The van der Waals surface area contributed by atoms with Crippen LogP contribution in [0.15, 0.2) is 0 Å². The van der Waals surface area contributed by atoms with E-state index in [2.05, 4.69) is 26.1 Å². The third kappa shape index (κ3) is 43.3. The number of carbonyl (C=O) groups excluding carboxylic acids is 2. The van der Waals surface area contributed by atoms with Crippen LogP contribution in [0.25, 0.3) is 0 Å². The zero-order valence-corrected chi connectivity index (χ0v) is 40.2. The highest BCUT2D eigenvalue weighted by Crippen LogP contribution is 2.19. The van der Waals surface area contributed by atoms with E-state index in [1.54, 1.807) is 0 Å². The molecule has 0 bridgehead atoms. The molecule has 0 aromatic rings. The van der Waals surface area contributed by atoms with Crippen LogP contribution in [0, 0.1) is 0 Å². The molecule has 352 valence electrons. The molecule has 6 heteroatoms. The van der Waals surface area contributed by atoms with Gasteiger partial charge in [-0.05, 0) is 25.7 Å². The van der Waals surface area contributed by atoms with E-state index in [-0.39, 0.29) is 24.9 Å². The van der Waals surface area contributed by atoms with Crippen LogP contribution < -0.4 is 5.32 Å². The average molecular weight is 836 g/mol. The van der Waals surface area contributed by atoms with E-state index >= 15 is 0 Å². The predicted molar refractivity (Wildman–Crippen MR) is 255 cm³/mol. The fourth-order valence-corrected chi connectivity index (χ4v) is 8.61. The molecule has 0 aliphatic carbocycles. The van der Waals surface area contributed by atoms with Crippen molar-refractivity contribution in [2.75, 3.05) is 6.61 Å². The number of rotatable bonds is 49. The molecular weight excluding hydrogens is 731 g/mol. The Kier molecular flexibility index (Phi) is 47.0. The van der Waals surface area contributed by atoms with Gasteiger partial charge in [0, 0.05) is 6.42 Å². The maximum atomic E-state index is 13.2. The van der Waals surface area contributed by atoms with Crippen LogP contribution >= 0.6 is 0 Å². The molecule has 0 saturated carbocycles. The van der Waals surface area contributed by atoms with Gasteiger partial charge in [-0.1, -0.05) is 265 Å². The molecule has 0 rings (SSSR count). The fraction of sp³-hybridized carbons (Fsp3) is 0.962. The summed E-state index contributed by atoms with van der Waals surface area (Å²) < 4.78 is 5.93. The highest BCUT2D eigenvalue weighted by Gasteiger charge is 2.24. The Labute approximate surface area is 368 Å². The number of aliphatic hydroxyl groups is 2. The van der Waals surface area contributed by atoms with E-state index in [9.17, 15) is 19.8 Å². The number of ether oxygens (including phenoxy) is 1. The van der Waals surface area contributed by atoms with Crippen molar-refractivity contribution in [3.05, 3.63) is 0 Å². The van der Waals surface area contributed by atoms with Crippen LogP contribution in [0.4, 0.5) is 0 Å². The largest absolute Gasteiger partial charge is 0.462 e. The molecule has 3 atom stereocenters. The van der Waals surface area contributed by atoms with Crippen molar-refractivity contribution in [3.8, 4) is 0 Å². The number of hydrogen-bond donors (Lipinski definition) is 3. The summed E-state index contributed by atoms with van der Waals surface area (Å²) in [6.07, 6.45) is 51.7. The molecule has 0 aromatic heterocycles. The second-order valence-electron chi connectivity index (χ2n) is 18.6. The zero-order valence-electron chi connectivity index (χ0n) is 40.2. The summed E-state index contributed by atoms with van der Waals surface area (Å²) in [5.74, 6) is -0.452. The van der Waals surface area contributed by atoms with Gasteiger partial charge in [-0.25, -0.2) is 0 Å². The van der Waals surface area contributed by atoms with Crippen molar-refractivity contribution < 1.29 is 24.5 Å². The molecular formula is C53H105NO5. The Morgan fingerprint density at radius 2 is 0.712 bits per heavy atom. The van der Waals surface area contributed by atoms with Gasteiger partial charge in [-0.2, -0.15) is 0 Å². The first-order valence-corrected chi connectivity index (χ1v) is 26.8. The van der Waals surface area contributed by atoms with E-state index in [0.717, 1.165) is 38.5 Å². The summed E-state index contributed by atoms with van der Waals surface area (Å²) in [6, 6.07) is -0.691. The highest BCUT2D eigenvalue weighted by molar-refractivity contribution is 5.77. The molecule has 0 radical (unpaired) electrons. The van der Waals surface area contributed by atoms with E-state index in [1.807, 2.05) is 0 Å². The van der Waals surface area contributed by atoms with Crippen LogP contribution in [0.5, 0.6) is 0 Å². The summed E-state index contributed by atoms with van der Waals surface area (Å²) in [4.78, 5) is 26.1. The smallest absolute Gasteiger partial charge is 0.306 e. The number of hydrogen-bond acceptors (Lipinski definition) is 5. The maximum Gasteiger partial charge on any atom is 0.306 e. The summed E-state index contributed by atoms with van der Waals surface area (Å²) in [5.41, 5.74) is 0. The lowest BCUT2D eigenvalue weighted by molar-refractivity contribution is -0.151. The molecule has 0 fully saturated rings. The Bertz CT molecular complexity index is 852. The Morgan fingerprint density at radius 1 is 0.424 bits per heavy atom. The number of carbonyl (C=O) groups is 2. The Hall–Kier alpha value is -1.14. The lowest BCUT2D eigenvalue weighted by Gasteiger charge is -2.24. The van der Waals surface area contributed by atoms with Crippen molar-refractivity contribution >= 4 is 11.9 Å². The summed E-state index contributed by atoms with van der Waals surface area (Å²) in [5, 5.41) is 23.7. The van der Waals surface area contributed by atoms with E-state index < -0.39 is 18.2 Å². The number of aliphatic hydroxyl groups excluding tert-OH is 2. The van der Waals surface area contributed by atoms with Crippen LogP contribution in [0.1, 0.15) is 303 Å². The van der Waals surface area contributed by atoms with Gasteiger partial charge in [-0.3, -0.25) is 9.59 Å². The van der Waals surface area contributed by atoms with Gasteiger partial charge in [0.25, 0.3) is 0 Å². The molecule has 3 unspecified atom stereocenters. The third-order valence-electron chi connectivity index (χ3n) is 12.7. The van der Waals surface area contributed by atoms with Crippen molar-refractivity contribution in [1.29, 1.82) is 0 Å². The van der Waals surface area contributed by atoms with Gasteiger partial charge in [0.05, 0.1) is 25.2 Å². The van der Waals surface area contributed by atoms with E-state index in [1.165, 1.54) is 218 Å². The van der Waals surface area contributed by atoms with Gasteiger partial charge in [0.1, 0.15) is 6.10 Å². The van der Waals surface area contributed by atoms with Gasteiger partial charge >= 0.3 is 5.97 Å². The number of esters is 1. The molecule has 0 aliphatic rings. The van der Waals surface area contributed by atoms with Gasteiger partial charge in [-0.15, -0.1) is 0 Å². The second kappa shape index (κ2) is 47.9. The minimum atomic E-state index is -0.778. The zero-order chi connectivity index (χ0) is 43.1. The monoisotopic (exact) mass is 836 g/mol. The molecule has 0 spiro atoms. The first-order valence-electron chi connectivity index (χ1n) is 26.8. The van der Waals surface area contributed by atoms with Gasteiger partial charge in [0.15, 0.2) is 0 Å². The summed E-state index contributed by atoms with van der Waals surface area (Å²) in [7, 11) is 0. The lowest BCUT2D eigenvalue weighted by Crippen LogP contribution is -2.46. The molecule has 6 nitrogen and oxygen atoms in total. The van der Waals surface area contributed by atoms with Crippen molar-refractivity contribution in [2.24, 2.45) is 0 Å². The molecule has 0 aromatic carbocycles.